The van der Waals surface area contributed by atoms with Crippen LogP contribution < -0.4 is 19.1 Å². The van der Waals surface area contributed by atoms with Gasteiger partial charge >= 0.3 is 0 Å². The van der Waals surface area contributed by atoms with Crippen LogP contribution in [0.15, 0.2) is 77.7 Å². The maximum absolute atomic E-state index is 14.1. The minimum Gasteiger partial charge on any atom is -0.493 e. The van der Waals surface area contributed by atoms with Crippen LogP contribution in [0.5, 0.6) is 11.5 Å². The Morgan fingerprint density at radius 3 is 2.12 bits per heavy atom. The van der Waals surface area contributed by atoms with Gasteiger partial charge in [-0.05, 0) is 55.2 Å². The molecule has 41 heavy (non-hydrogen) atoms. The molecule has 0 aliphatic heterocycles. The minimum absolute atomic E-state index is 0.0239. The third-order valence-corrected chi connectivity index (χ3v) is 8.51. The van der Waals surface area contributed by atoms with Gasteiger partial charge in [-0.25, -0.2) is 8.42 Å². The van der Waals surface area contributed by atoms with Gasteiger partial charge in [0.1, 0.15) is 12.6 Å². The van der Waals surface area contributed by atoms with E-state index in [1.54, 1.807) is 37.3 Å². The van der Waals surface area contributed by atoms with Crippen LogP contribution in [-0.2, 0) is 26.2 Å². The Morgan fingerprint density at radius 1 is 0.878 bits per heavy atom. The summed E-state index contributed by atoms with van der Waals surface area (Å²) in [6, 6.07) is 19.3. The van der Waals surface area contributed by atoms with E-state index in [2.05, 4.69) is 5.32 Å². The van der Waals surface area contributed by atoms with Crippen molar-refractivity contribution in [1.29, 1.82) is 0 Å². The van der Waals surface area contributed by atoms with E-state index in [9.17, 15) is 18.0 Å². The molecular formula is C31H39N3O6S. The van der Waals surface area contributed by atoms with Crippen molar-refractivity contribution < 1.29 is 27.5 Å². The second-order valence-corrected chi connectivity index (χ2v) is 12.0. The molecule has 0 saturated carbocycles. The summed E-state index contributed by atoms with van der Waals surface area (Å²) in [7, 11) is -1.26. The van der Waals surface area contributed by atoms with Crippen molar-refractivity contribution in [3.8, 4) is 11.5 Å². The fourth-order valence-corrected chi connectivity index (χ4v) is 5.66. The number of benzene rings is 3. The number of amides is 2. The van der Waals surface area contributed by atoms with E-state index in [-0.39, 0.29) is 29.0 Å². The van der Waals surface area contributed by atoms with Crippen molar-refractivity contribution in [3.05, 3.63) is 83.9 Å². The van der Waals surface area contributed by atoms with Gasteiger partial charge in [-0.15, -0.1) is 0 Å². The number of carbonyl (C=O) groups is 2. The lowest BCUT2D eigenvalue weighted by Gasteiger charge is -2.32. The topological polar surface area (TPSA) is 105 Å². The molecule has 0 aromatic heterocycles. The van der Waals surface area contributed by atoms with E-state index in [0.717, 1.165) is 15.4 Å². The number of hydrogen-bond acceptors (Lipinski definition) is 6. The molecule has 9 nitrogen and oxygen atoms in total. The zero-order valence-corrected chi connectivity index (χ0v) is 25.3. The van der Waals surface area contributed by atoms with E-state index in [1.807, 2.05) is 45.0 Å². The van der Waals surface area contributed by atoms with Crippen molar-refractivity contribution in [2.45, 2.75) is 45.2 Å². The molecule has 0 aliphatic rings. The zero-order chi connectivity index (χ0) is 30.2. The SMILES string of the molecule is COc1ccc(N(CC(=O)N(Cc2ccccc2C)[C@@H](C)C(=O)NCC(C)C)S(=O)(=O)c2ccccc2)cc1OC. The average Bonchev–Trinajstić information content (AvgIpc) is 2.97. The minimum atomic E-state index is -4.19. The van der Waals surface area contributed by atoms with Crippen molar-refractivity contribution in [3.63, 3.8) is 0 Å². The molecule has 0 heterocycles. The van der Waals surface area contributed by atoms with Crippen LogP contribution in [0.25, 0.3) is 0 Å². The molecule has 1 atom stereocenters. The smallest absolute Gasteiger partial charge is 0.264 e. The highest BCUT2D eigenvalue weighted by atomic mass is 32.2. The summed E-state index contributed by atoms with van der Waals surface area (Å²) in [5, 5.41) is 2.89. The predicted molar refractivity (Wildman–Crippen MR) is 160 cm³/mol. The number of rotatable bonds is 13. The maximum atomic E-state index is 14.1. The molecule has 220 valence electrons. The number of aryl methyl sites for hydroxylation is 1. The first-order chi connectivity index (χ1) is 19.5. The molecule has 1 N–H and O–H groups in total. The van der Waals surface area contributed by atoms with Crippen LogP contribution in [0.2, 0.25) is 0 Å². The molecule has 3 aromatic rings. The van der Waals surface area contributed by atoms with Crippen LogP contribution in [0, 0.1) is 12.8 Å². The molecule has 2 amide bonds. The summed E-state index contributed by atoms with van der Waals surface area (Å²) in [4.78, 5) is 28.6. The first-order valence-corrected chi connectivity index (χ1v) is 14.8. The number of nitrogens with zero attached hydrogens (tertiary/aromatic N) is 2. The molecule has 0 saturated heterocycles. The normalized spacial score (nSPS) is 12.0. The van der Waals surface area contributed by atoms with Crippen LogP contribution >= 0.6 is 0 Å². The lowest BCUT2D eigenvalue weighted by atomic mass is 10.1. The van der Waals surface area contributed by atoms with Gasteiger partial charge < -0.3 is 19.7 Å². The van der Waals surface area contributed by atoms with Gasteiger partial charge in [-0.2, -0.15) is 0 Å². The molecule has 10 heteroatoms. The number of anilines is 1. The number of nitrogens with one attached hydrogen (secondary N) is 1. The summed E-state index contributed by atoms with van der Waals surface area (Å²) >= 11 is 0. The quantitative estimate of drug-likeness (QED) is 0.321. The van der Waals surface area contributed by atoms with E-state index < -0.39 is 28.5 Å². The molecule has 0 unspecified atom stereocenters. The second-order valence-electron chi connectivity index (χ2n) is 10.1. The molecule has 0 radical (unpaired) electrons. The highest BCUT2D eigenvalue weighted by Crippen LogP contribution is 2.34. The number of ether oxygens (including phenoxy) is 2. The molecular weight excluding hydrogens is 542 g/mol. The molecule has 3 rings (SSSR count). The lowest BCUT2D eigenvalue weighted by molar-refractivity contribution is -0.139. The third-order valence-electron chi connectivity index (χ3n) is 6.72. The van der Waals surface area contributed by atoms with Crippen LogP contribution in [0.1, 0.15) is 31.9 Å². The Balaban J connectivity index is 2.07. The zero-order valence-electron chi connectivity index (χ0n) is 24.5. The molecule has 0 spiro atoms. The van der Waals surface area contributed by atoms with Crippen molar-refractivity contribution in [1.82, 2.24) is 10.2 Å². The van der Waals surface area contributed by atoms with Crippen LogP contribution in [0.4, 0.5) is 5.69 Å². The third kappa shape index (κ3) is 7.79. The number of sulfonamides is 1. The fourth-order valence-electron chi connectivity index (χ4n) is 4.23. The van der Waals surface area contributed by atoms with E-state index in [4.69, 9.17) is 9.47 Å². The van der Waals surface area contributed by atoms with Crippen LogP contribution in [-0.4, -0.2) is 58.5 Å². The largest absolute Gasteiger partial charge is 0.493 e. The number of methoxy groups -OCH3 is 2. The highest BCUT2D eigenvalue weighted by Gasteiger charge is 2.33. The van der Waals surface area contributed by atoms with Crippen molar-refractivity contribution >= 4 is 27.5 Å². The molecule has 3 aromatic carbocycles. The summed E-state index contributed by atoms with van der Waals surface area (Å²) < 4.78 is 39.7. The highest BCUT2D eigenvalue weighted by molar-refractivity contribution is 7.92. The Labute approximate surface area is 243 Å². The first-order valence-electron chi connectivity index (χ1n) is 13.4. The van der Waals surface area contributed by atoms with Gasteiger partial charge in [0.05, 0.1) is 24.8 Å². The predicted octanol–water partition coefficient (Wildman–Crippen LogP) is 4.40. The number of carbonyl (C=O) groups excluding carboxylic acids is 2. The lowest BCUT2D eigenvalue weighted by Crippen LogP contribution is -2.51. The number of hydrogen-bond donors (Lipinski definition) is 1. The molecule has 0 fully saturated rings. The Morgan fingerprint density at radius 2 is 1.51 bits per heavy atom. The summed E-state index contributed by atoms with van der Waals surface area (Å²) in [5.74, 6) is 0.0994. The summed E-state index contributed by atoms with van der Waals surface area (Å²) in [6.45, 7) is 7.59. The first kappa shape index (κ1) is 31.5. The fraction of sp³-hybridized carbons (Fsp3) is 0.355. The summed E-state index contributed by atoms with van der Waals surface area (Å²) in [6.07, 6.45) is 0. The monoisotopic (exact) mass is 581 g/mol. The van der Waals surface area contributed by atoms with Crippen LogP contribution in [0.3, 0.4) is 0 Å². The van der Waals surface area contributed by atoms with E-state index >= 15 is 0 Å². The van der Waals surface area contributed by atoms with Crippen molar-refractivity contribution in [2.24, 2.45) is 5.92 Å². The standard InChI is InChI=1S/C31H39N3O6S/c1-22(2)19-32-31(36)24(4)33(20-25-13-11-10-12-23(25)3)30(35)21-34(41(37,38)27-14-8-7-9-15-27)26-16-17-28(39-5)29(18-26)40-6/h7-18,22,24H,19-21H2,1-6H3,(H,32,36)/t24-/m0/s1. The van der Waals surface area contributed by atoms with Gasteiger partial charge in [0.2, 0.25) is 11.8 Å². The summed E-state index contributed by atoms with van der Waals surface area (Å²) in [5.41, 5.74) is 2.02. The van der Waals surface area contributed by atoms with E-state index in [1.165, 1.54) is 37.3 Å². The van der Waals surface area contributed by atoms with E-state index in [0.29, 0.717) is 18.0 Å². The van der Waals surface area contributed by atoms with Gasteiger partial charge in [0.15, 0.2) is 11.5 Å². The molecule has 0 bridgehead atoms. The van der Waals surface area contributed by atoms with Gasteiger partial charge in [0, 0.05) is 19.2 Å². The van der Waals surface area contributed by atoms with Gasteiger partial charge in [0.25, 0.3) is 10.0 Å². The maximum Gasteiger partial charge on any atom is 0.264 e. The Hall–Kier alpha value is -4.05. The Kier molecular flexibility index (Phi) is 10.8. The second kappa shape index (κ2) is 14.0. The average molecular weight is 582 g/mol. The molecule has 0 aliphatic carbocycles. The Bertz CT molecular complexity index is 1440. The van der Waals surface area contributed by atoms with Crippen molar-refractivity contribution in [2.75, 3.05) is 31.6 Å². The van der Waals surface area contributed by atoms with Gasteiger partial charge in [-0.3, -0.25) is 13.9 Å². The van der Waals surface area contributed by atoms with Gasteiger partial charge in [-0.1, -0.05) is 56.3 Å².